The molecule has 17 aromatic rings. The van der Waals surface area contributed by atoms with Crippen molar-refractivity contribution in [3.05, 3.63) is 361 Å². The lowest BCUT2D eigenvalue weighted by Gasteiger charge is -2.27. The van der Waals surface area contributed by atoms with Gasteiger partial charge in [-0.05, 0) is 237 Å². The first-order chi connectivity index (χ1) is 67.6. The summed E-state index contributed by atoms with van der Waals surface area (Å²) in [4.78, 5) is 46.3. The number of aliphatic hydroxyl groups excluding tert-OH is 1. The number of benzene rings is 8. The molecule has 5 atom stereocenters. The van der Waals surface area contributed by atoms with Crippen LogP contribution in [0.4, 0.5) is 17.6 Å². The quantitative estimate of drug-likeness (QED) is 0.0305. The fourth-order valence-electron chi connectivity index (χ4n) is 19.0. The highest BCUT2D eigenvalue weighted by atomic mass is 32.2. The van der Waals surface area contributed by atoms with Crippen LogP contribution in [-0.4, -0.2) is 160 Å². The zero-order valence-corrected chi connectivity index (χ0v) is 78.5. The molecule has 0 aliphatic carbocycles. The van der Waals surface area contributed by atoms with E-state index < -0.39 is 10.8 Å². The molecule has 23 nitrogen and oxygen atoms in total. The molecule has 0 saturated carbocycles. The first kappa shape index (κ1) is 94.1. The molecule has 28 heteroatoms. The maximum atomic E-state index is 13.7. The van der Waals surface area contributed by atoms with Gasteiger partial charge in [-0.25, -0.2) is 52.4 Å². The van der Waals surface area contributed by atoms with Crippen molar-refractivity contribution in [3.8, 4) is 107 Å². The third-order valence-electron chi connectivity index (χ3n) is 25.5. The minimum absolute atomic E-state index is 0.0606. The zero-order chi connectivity index (χ0) is 95.0. The SMILES string of the molecule is CCCN(Cc1cccc(OC)c1)C[C@@H]1CCc2nc(-c3ccc(F)cc3)c(-c3ccncc3)n21.COc1ccc(COC[C@@H]2CCc3nc(-c4ccc(F)cc4)c(-c4ccc5nccn5c4)n32)cc1.COc1ccc(COC[C@@H]2CCc3nc(-c4ccc(F)cc4)c(-c4ccnc(S(C)=O)n4)n32)cc1.OCCN(Cc1ccccc1)C[C@@H]1CCc2nc(-c3ccc(F)cc3)c(-c3ccncc3)n21. The molecule has 138 heavy (non-hydrogen) atoms. The Kier molecular flexibility index (Phi) is 30.2. The smallest absolute Gasteiger partial charge is 0.218 e. The Morgan fingerprint density at radius 2 is 0.812 bits per heavy atom. The van der Waals surface area contributed by atoms with Gasteiger partial charge in [-0.2, -0.15) is 0 Å². The fraction of sp³-hybridized carbons (Fsp3) is 0.264. The molecule has 1 N–H and O–H groups in total. The van der Waals surface area contributed by atoms with Crippen LogP contribution >= 0.6 is 0 Å². The number of methoxy groups -OCH3 is 3. The molecule has 4 aliphatic rings. The predicted octanol–water partition coefficient (Wildman–Crippen LogP) is 21.2. The predicted molar refractivity (Wildman–Crippen MR) is 527 cm³/mol. The molecule has 0 radical (unpaired) electrons. The number of imidazole rings is 5. The molecule has 0 spiro atoms. The van der Waals surface area contributed by atoms with Crippen LogP contribution < -0.4 is 14.2 Å². The Balaban J connectivity index is 0.000000122. The Labute approximate surface area is 802 Å². The van der Waals surface area contributed by atoms with E-state index >= 15 is 0 Å². The molecular weight excluding hydrogens is 1770 g/mol. The molecule has 8 aromatic carbocycles. The van der Waals surface area contributed by atoms with Crippen LogP contribution in [0.3, 0.4) is 0 Å². The first-order valence-electron chi connectivity index (χ1n) is 46.6. The van der Waals surface area contributed by atoms with Crippen LogP contribution in [0, 0.1) is 23.3 Å². The number of fused-ring (bicyclic) bond motifs is 5. The largest absolute Gasteiger partial charge is 0.497 e. The van der Waals surface area contributed by atoms with Crippen LogP contribution in [0.1, 0.15) is 109 Å². The molecule has 9 aromatic heterocycles. The molecule has 0 fully saturated rings. The normalized spacial score (nSPS) is 15.2. The number of halogens is 4. The summed E-state index contributed by atoms with van der Waals surface area (Å²) in [6.45, 7) is 9.51. The van der Waals surface area contributed by atoms with Crippen molar-refractivity contribution in [2.24, 2.45) is 0 Å². The topological polar surface area (TPSA) is 230 Å². The number of hydrogen-bond acceptors (Lipinski definition) is 18. The monoisotopic (exact) mass is 1870 g/mol. The lowest BCUT2D eigenvalue weighted by atomic mass is 10.0. The van der Waals surface area contributed by atoms with E-state index in [1.807, 2.05) is 138 Å². The fourth-order valence-corrected chi connectivity index (χ4v) is 19.5. The van der Waals surface area contributed by atoms with Gasteiger partial charge in [-0.15, -0.1) is 0 Å². The highest BCUT2D eigenvalue weighted by Gasteiger charge is 2.37. The number of rotatable bonds is 32. The van der Waals surface area contributed by atoms with Crippen LogP contribution in [0.5, 0.6) is 17.2 Å². The van der Waals surface area contributed by atoms with Gasteiger partial charge >= 0.3 is 0 Å². The van der Waals surface area contributed by atoms with E-state index in [2.05, 4.69) is 103 Å². The highest BCUT2D eigenvalue weighted by Crippen LogP contribution is 2.46. The van der Waals surface area contributed by atoms with E-state index in [4.69, 9.17) is 43.6 Å². The summed E-state index contributed by atoms with van der Waals surface area (Å²) in [5.41, 5.74) is 20.2. The number of hydrogen-bond donors (Lipinski definition) is 1. The summed E-state index contributed by atoms with van der Waals surface area (Å²) in [6, 6.07) is 75.2. The average Bonchev–Trinajstić information content (AvgIpc) is 1.62. The highest BCUT2D eigenvalue weighted by molar-refractivity contribution is 7.84. The molecule has 704 valence electrons. The van der Waals surface area contributed by atoms with Gasteiger partial charge in [-0.3, -0.25) is 24.0 Å². The van der Waals surface area contributed by atoms with E-state index in [0.29, 0.717) is 50.4 Å². The number of aryl methyl sites for hydroxylation is 4. The molecule has 0 bridgehead atoms. The van der Waals surface area contributed by atoms with Crippen molar-refractivity contribution in [3.63, 3.8) is 0 Å². The lowest BCUT2D eigenvalue weighted by Crippen LogP contribution is -2.32. The van der Waals surface area contributed by atoms with Gasteiger partial charge in [0.15, 0.2) is 0 Å². The third-order valence-corrected chi connectivity index (χ3v) is 26.2. The first-order valence-corrected chi connectivity index (χ1v) is 48.2. The van der Waals surface area contributed by atoms with Crippen LogP contribution in [0.2, 0.25) is 0 Å². The standard InChI is InChI=1S/C29H31FN4O.C28H25FN4O2.C27H27FN4O.C26H25FN4O3S/c1-3-17-33(19-21-5-4-6-26(18-21)35-2)20-25-11-12-27-32-28(22-7-9-24(30)10-8-22)29(34(25)27)23-13-15-31-16-14-23;1-34-24-10-2-19(3-11-24)17-35-18-23-9-13-26-31-27(20-4-7-22(29)8-5-20)28(33(23)26)21-6-12-25-30-14-15-32(25)16-21;28-23-8-6-21(7-9-23)26-27(22-12-14-29-15-13-22)32-24(10-11-25(32)30-26)19-31(16-17-33)18-20-4-2-1-3-5-20;1-33-21-10-3-17(4-11-21)15-34-16-20-9-12-23-30-24(18-5-7-19(27)8-6-18)25(31(20)23)22-13-14-28-26(29-22)35(2)32/h4-10,13-16,18,25H,3,11-12,17,19-20H2,1-2H3;2-8,10-12,14-16,23H,9,13,17-18H2,1H3;1-9,12-15,24,33H,10-11,16-19H2;3-8,10-11,13-14,20H,9,12,15-16H2,1-2H3/t25-;23-;24-;20-,35?/m0000/s1. The average molecular weight is 1870 g/mol. The third kappa shape index (κ3) is 21.9. The number of aromatic nitrogens is 14. The summed E-state index contributed by atoms with van der Waals surface area (Å²) >= 11 is 0. The Morgan fingerprint density at radius 3 is 1.26 bits per heavy atom. The van der Waals surface area contributed by atoms with Crippen molar-refractivity contribution in [2.75, 3.05) is 73.6 Å². The minimum atomic E-state index is -1.33. The number of nitrogens with zero attached hydrogens (tertiary/aromatic N) is 16. The minimum Gasteiger partial charge on any atom is -0.497 e. The van der Waals surface area contributed by atoms with E-state index in [9.17, 15) is 26.9 Å². The van der Waals surface area contributed by atoms with Gasteiger partial charge in [0.1, 0.15) is 69.5 Å². The molecular formula is C110H108F4N16O7S. The van der Waals surface area contributed by atoms with Gasteiger partial charge in [0.25, 0.3) is 0 Å². The van der Waals surface area contributed by atoms with Gasteiger partial charge in [0.2, 0.25) is 5.16 Å². The van der Waals surface area contributed by atoms with Gasteiger partial charge in [0, 0.05) is 165 Å². The van der Waals surface area contributed by atoms with Crippen molar-refractivity contribution in [2.45, 2.75) is 120 Å². The molecule has 0 saturated heterocycles. The zero-order valence-electron chi connectivity index (χ0n) is 77.6. The molecule has 4 aliphatic heterocycles. The Bertz CT molecular complexity index is 6950. The maximum absolute atomic E-state index is 13.7. The lowest BCUT2D eigenvalue weighted by molar-refractivity contribution is 0.0924. The van der Waals surface area contributed by atoms with Gasteiger partial charge < -0.3 is 51.5 Å². The molecule has 0 amide bonds. The van der Waals surface area contributed by atoms with Crippen LogP contribution in [0.15, 0.2) is 297 Å². The summed E-state index contributed by atoms with van der Waals surface area (Å²) in [6.07, 6.45) is 24.7. The van der Waals surface area contributed by atoms with Crippen molar-refractivity contribution in [1.82, 2.24) is 77.3 Å². The van der Waals surface area contributed by atoms with Crippen molar-refractivity contribution in [1.29, 1.82) is 0 Å². The number of pyridine rings is 3. The Hall–Kier alpha value is -14.3. The molecule has 13 heterocycles. The number of ether oxygens (including phenoxy) is 5. The van der Waals surface area contributed by atoms with E-state index in [-0.39, 0.29) is 53.2 Å². The number of aliphatic hydroxyl groups is 1. The summed E-state index contributed by atoms with van der Waals surface area (Å²) < 4.78 is 106. The van der Waals surface area contributed by atoms with Gasteiger partial charge in [-0.1, -0.05) is 73.7 Å². The second kappa shape index (κ2) is 44.3. The maximum Gasteiger partial charge on any atom is 0.218 e. The second-order valence-corrected chi connectivity index (χ2v) is 36.0. The van der Waals surface area contributed by atoms with Gasteiger partial charge in [0.05, 0.1) is 128 Å². The second-order valence-electron chi connectivity index (χ2n) is 34.7. The molecule has 1 unspecified atom stereocenters. The van der Waals surface area contributed by atoms with Crippen LogP contribution in [-0.2, 0) is 72.3 Å². The van der Waals surface area contributed by atoms with E-state index in [0.717, 1.165) is 227 Å². The van der Waals surface area contributed by atoms with Crippen molar-refractivity contribution < 1.29 is 50.6 Å². The molecule has 21 rings (SSSR count). The van der Waals surface area contributed by atoms with Crippen molar-refractivity contribution >= 4 is 16.4 Å². The summed E-state index contributed by atoms with van der Waals surface area (Å²) in [5, 5.41) is 9.95. The van der Waals surface area contributed by atoms with Crippen LogP contribution in [0.25, 0.3) is 95.8 Å². The summed E-state index contributed by atoms with van der Waals surface area (Å²) in [7, 11) is 3.69. The summed E-state index contributed by atoms with van der Waals surface area (Å²) in [5.74, 6) is 5.58. The van der Waals surface area contributed by atoms with E-state index in [1.165, 1.54) is 59.7 Å². The van der Waals surface area contributed by atoms with E-state index in [1.54, 1.807) is 94.8 Å². The Morgan fingerprint density at radius 1 is 0.399 bits per heavy atom.